The molecule has 0 radical (unpaired) electrons. The number of hydrogen-bond acceptors (Lipinski definition) is 5. The molecule has 1 saturated heterocycles. The monoisotopic (exact) mass is 359 g/mol. The number of amides is 3. The number of hydrogen-bond donors (Lipinski definition) is 2. The smallest absolute Gasteiger partial charge is 0.325 e. The van der Waals surface area contributed by atoms with Crippen LogP contribution in [-0.2, 0) is 14.3 Å². The summed E-state index contributed by atoms with van der Waals surface area (Å²) in [5, 5.41) is 4.96. The maximum absolute atomic E-state index is 12.4. The molecule has 2 fully saturated rings. The topological polar surface area (TPSA) is 87.7 Å². The van der Waals surface area contributed by atoms with Gasteiger partial charge in [0.2, 0.25) is 5.91 Å². The van der Waals surface area contributed by atoms with Gasteiger partial charge in [0.15, 0.2) is 0 Å². The van der Waals surface area contributed by atoms with Crippen molar-refractivity contribution in [1.82, 2.24) is 10.2 Å². The van der Waals surface area contributed by atoms with Crippen LogP contribution < -0.4 is 10.6 Å². The minimum absolute atomic E-state index is 0.0170. The van der Waals surface area contributed by atoms with Gasteiger partial charge in [-0.3, -0.25) is 19.8 Å². The first-order valence-corrected chi connectivity index (χ1v) is 9.08. The Labute approximate surface area is 153 Å². The molecule has 0 unspecified atom stereocenters. The summed E-state index contributed by atoms with van der Waals surface area (Å²) in [6, 6.07) is 8.14. The largest absolute Gasteiger partial charge is 0.468 e. The van der Waals surface area contributed by atoms with Crippen molar-refractivity contribution in [1.29, 1.82) is 0 Å². The van der Waals surface area contributed by atoms with Crippen LogP contribution in [-0.4, -0.2) is 48.5 Å². The van der Waals surface area contributed by atoms with Crippen molar-refractivity contribution in [2.45, 2.75) is 44.2 Å². The maximum atomic E-state index is 12.4. The highest BCUT2D eigenvalue weighted by molar-refractivity contribution is 6.01. The predicted molar refractivity (Wildman–Crippen MR) is 96.5 cm³/mol. The summed E-state index contributed by atoms with van der Waals surface area (Å²) in [6.45, 7) is 0.0170. The SMILES string of the molecule is COC(=O)[C@@H]1C[C@@H]2CCCC[C@H]2N1CC(=O)NC(=O)Nc1ccccc1. The van der Waals surface area contributed by atoms with Crippen molar-refractivity contribution in [2.24, 2.45) is 5.92 Å². The molecule has 2 aliphatic rings. The zero-order valence-electron chi connectivity index (χ0n) is 14.9. The van der Waals surface area contributed by atoms with Crippen LogP contribution in [0.15, 0.2) is 30.3 Å². The first-order chi connectivity index (χ1) is 12.6. The van der Waals surface area contributed by atoms with Crippen LogP contribution in [0.1, 0.15) is 32.1 Å². The number of benzene rings is 1. The lowest BCUT2D eigenvalue weighted by molar-refractivity contribution is -0.146. The Kier molecular flexibility index (Phi) is 5.88. The van der Waals surface area contributed by atoms with Gasteiger partial charge in [-0.05, 0) is 37.3 Å². The summed E-state index contributed by atoms with van der Waals surface area (Å²) in [7, 11) is 1.37. The van der Waals surface area contributed by atoms with E-state index in [4.69, 9.17) is 4.74 Å². The fraction of sp³-hybridized carbons (Fsp3) is 0.526. The van der Waals surface area contributed by atoms with E-state index in [-0.39, 0.29) is 18.6 Å². The van der Waals surface area contributed by atoms with E-state index in [0.29, 0.717) is 11.6 Å². The molecular weight excluding hydrogens is 334 g/mol. The molecular formula is C19H25N3O4. The van der Waals surface area contributed by atoms with E-state index >= 15 is 0 Å². The number of imide groups is 1. The van der Waals surface area contributed by atoms with Gasteiger partial charge in [0, 0.05) is 11.7 Å². The molecule has 1 aromatic carbocycles. The number of para-hydroxylation sites is 1. The first kappa shape index (κ1) is 18.4. The van der Waals surface area contributed by atoms with E-state index in [1.807, 2.05) is 11.0 Å². The number of carbonyl (C=O) groups excluding carboxylic acids is 3. The van der Waals surface area contributed by atoms with E-state index in [1.54, 1.807) is 24.3 Å². The number of nitrogens with zero attached hydrogens (tertiary/aromatic N) is 1. The van der Waals surface area contributed by atoms with Gasteiger partial charge in [0.25, 0.3) is 0 Å². The maximum Gasteiger partial charge on any atom is 0.325 e. The number of likely N-dealkylation sites (tertiary alicyclic amines) is 1. The Bertz CT molecular complexity index is 664. The molecule has 0 aromatic heterocycles. The fourth-order valence-corrected chi connectivity index (χ4v) is 4.16. The summed E-state index contributed by atoms with van der Waals surface area (Å²) in [4.78, 5) is 38.4. The third-order valence-corrected chi connectivity index (χ3v) is 5.31. The van der Waals surface area contributed by atoms with E-state index in [1.165, 1.54) is 7.11 Å². The van der Waals surface area contributed by atoms with Gasteiger partial charge in [-0.25, -0.2) is 4.79 Å². The Morgan fingerprint density at radius 1 is 1.15 bits per heavy atom. The number of ether oxygens (including phenoxy) is 1. The minimum Gasteiger partial charge on any atom is -0.468 e. The van der Waals surface area contributed by atoms with Gasteiger partial charge in [-0.15, -0.1) is 0 Å². The number of nitrogens with one attached hydrogen (secondary N) is 2. The molecule has 0 bridgehead atoms. The van der Waals surface area contributed by atoms with E-state index in [2.05, 4.69) is 10.6 Å². The van der Waals surface area contributed by atoms with Crippen LogP contribution in [0.25, 0.3) is 0 Å². The first-order valence-electron chi connectivity index (χ1n) is 9.08. The molecule has 1 aliphatic carbocycles. The van der Waals surface area contributed by atoms with Gasteiger partial charge in [0.05, 0.1) is 13.7 Å². The number of esters is 1. The molecule has 1 heterocycles. The molecule has 1 aromatic rings. The van der Waals surface area contributed by atoms with E-state index < -0.39 is 18.0 Å². The van der Waals surface area contributed by atoms with Crippen molar-refractivity contribution >= 4 is 23.6 Å². The average Bonchev–Trinajstić information content (AvgIpc) is 3.00. The molecule has 2 N–H and O–H groups in total. The number of carbonyl (C=O) groups is 3. The molecule has 0 spiro atoms. The van der Waals surface area contributed by atoms with Crippen molar-refractivity contribution in [3.63, 3.8) is 0 Å². The molecule has 3 amide bonds. The minimum atomic E-state index is -0.574. The number of urea groups is 1. The number of methoxy groups -OCH3 is 1. The molecule has 1 aliphatic heterocycles. The summed E-state index contributed by atoms with van der Waals surface area (Å²) in [5.74, 6) is -0.307. The quantitative estimate of drug-likeness (QED) is 0.804. The van der Waals surface area contributed by atoms with Crippen molar-refractivity contribution < 1.29 is 19.1 Å². The molecule has 7 nitrogen and oxygen atoms in total. The second-order valence-corrected chi connectivity index (χ2v) is 6.93. The second-order valence-electron chi connectivity index (χ2n) is 6.93. The normalized spacial score (nSPS) is 25.2. The van der Waals surface area contributed by atoms with Gasteiger partial charge >= 0.3 is 12.0 Å². The lowest BCUT2D eigenvalue weighted by Crippen LogP contribution is -2.49. The molecule has 140 valence electrons. The van der Waals surface area contributed by atoms with Crippen molar-refractivity contribution in [3.05, 3.63) is 30.3 Å². The van der Waals surface area contributed by atoms with E-state index in [9.17, 15) is 14.4 Å². The number of anilines is 1. The second kappa shape index (κ2) is 8.31. The van der Waals surface area contributed by atoms with Crippen LogP contribution in [0.2, 0.25) is 0 Å². The number of fused-ring (bicyclic) bond motifs is 1. The average molecular weight is 359 g/mol. The van der Waals surface area contributed by atoms with Gasteiger partial charge < -0.3 is 10.1 Å². The molecule has 7 heteroatoms. The fourth-order valence-electron chi connectivity index (χ4n) is 4.16. The standard InChI is InChI=1S/C19H25N3O4/c1-26-18(24)16-11-13-7-5-6-10-15(13)22(16)12-17(23)21-19(25)20-14-8-3-2-4-9-14/h2-4,8-9,13,15-16H,5-7,10-12H2,1H3,(H2,20,21,23,25)/t13-,15+,16-/m0/s1. The summed E-state index contributed by atoms with van der Waals surface area (Å²) in [6.07, 6.45) is 5.03. The van der Waals surface area contributed by atoms with Gasteiger partial charge in [-0.2, -0.15) is 0 Å². The highest BCUT2D eigenvalue weighted by atomic mass is 16.5. The lowest BCUT2D eigenvalue weighted by Gasteiger charge is -2.32. The molecule has 26 heavy (non-hydrogen) atoms. The van der Waals surface area contributed by atoms with Crippen LogP contribution in [0.3, 0.4) is 0 Å². The Hall–Kier alpha value is -2.41. The molecule has 3 rings (SSSR count). The van der Waals surface area contributed by atoms with Crippen molar-refractivity contribution in [3.8, 4) is 0 Å². The summed E-state index contributed by atoms with van der Waals surface area (Å²) >= 11 is 0. The van der Waals surface area contributed by atoms with Gasteiger partial charge in [0.1, 0.15) is 6.04 Å². The zero-order valence-corrected chi connectivity index (χ0v) is 14.9. The zero-order chi connectivity index (χ0) is 18.5. The lowest BCUT2D eigenvalue weighted by atomic mass is 9.85. The van der Waals surface area contributed by atoms with Crippen LogP contribution in [0.5, 0.6) is 0 Å². The Morgan fingerprint density at radius 3 is 2.62 bits per heavy atom. The molecule has 1 saturated carbocycles. The number of rotatable bonds is 4. The summed E-state index contributed by atoms with van der Waals surface area (Å²) in [5.41, 5.74) is 0.610. The Balaban J connectivity index is 1.60. The summed E-state index contributed by atoms with van der Waals surface area (Å²) < 4.78 is 4.92. The third kappa shape index (κ3) is 4.22. The predicted octanol–water partition coefficient (Wildman–Crippen LogP) is 2.14. The van der Waals surface area contributed by atoms with Crippen LogP contribution >= 0.6 is 0 Å². The molecule has 3 atom stereocenters. The van der Waals surface area contributed by atoms with E-state index in [0.717, 1.165) is 32.1 Å². The third-order valence-electron chi connectivity index (χ3n) is 5.31. The van der Waals surface area contributed by atoms with Crippen LogP contribution in [0, 0.1) is 5.92 Å². The van der Waals surface area contributed by atoms with Crippen molar-refractivity contribution in [2.75, 3.05) is 19.0 Å². The van der Waals surface area contributed by atoms with Crippen LogP contribution in [0.4, 0.5) is 10.5 Å². The Morgan fingerprint density at radius 2 is 1.88 bits per heavy atom. The van der Waals surface area contributed by atoms with Gasteiger partial charge in [-0.1, -0.05) is 31.0 Å². The highest BCUT2D eigenvalue weighted by Gasteiger charge is 2.46. The highest BCUT2D eigenvalue weighted by Crippen LogP contribution is 2.39.